The minimum atomic E-state index is -0.524. The van der Waals surface area contributed by atoms with Gasteiger partial charge in [-0.2, -0.15) is 0 Å². The Hall–Kier alpha value is -1.88. The fraction of sp³-hybridized carbons (Fsp3) is 0.579. The molecule has 0 aromatic heterocycles. The lowest BCUT2D eigenvalue weighted by molar-refractivity contribution is -0.135. The molecule has 24 heavy (non-hydrogen) atoms. The van der Waals surface area contributed by atoms with Gasteiger partial charge in [0.05, 0.1) is 0 Å². The lowest BCUT2D eigenvalue weighted by atomic mass is 9.95. The van der Waals surface area contributed by atoms with E-state index in [0.717, 1.165) is 18.4 Å². The number of aliphatic hydroxyl groups excluding tert-OH is 1. The molecular weight excluding hydrogens is 304 g/mol. The quantitative estimate of drug-likeness (QED) is 0.866. The highest BCUT2D eigenvalue weighted by Crippen LogP contribution is 2.18. The van der Waals surface area contributed by atoms with Gasteiger partial charge in [-0.3, -0.25) is 9.59 Å². The zero-order valence-corrected chi connectivity index (χ0v) is 14.8. The van der Waals surface area contributed by atoms with Crippen molar-refractivity contribution in [1.82, 2.24) is 10.2 Å². The van der Waals surface area contributed by atoms with Gasteiger partial charge in [0.15, 0.2) is 0 Å². The Morgan fingerprint density at radius 1 is 1.29 bits per heavy atom. The van der Waals surface area contributed by atoms with Gasteiger partial charge in [-0.05, 0) is 43.7 Å². The third-order valence-electron chi connectivity index (χ3n) is 4.68. The molecule has 1 unspecified atom stereocenters. The number of aryl methyl sites for hydroxylation is 1. The molecule has 0 aliphatic carbocycles. The van der Waals surface area contributed by atoms with Gasteiger partial charge in [-0.1, -0.05) is 31.5 Å². The monoisotopic (exact) mass is 332 g/mol. The number of amides is 2. The summed E-state index contributed by atoms with van der Waals surface area (Å²) in [6.45, 7) is 7.30. The molecule has 2 N–H and O–H groups in total. The maximum absolute atomic E-state index is 12.8. The summed E-state index contributed by atoms with van der Waals surface area (Å²) < 4.78 is 0. The molecule has 1 aliphatic heterocycles. The zero-order valence-electron chi connectivity index (χ0n) is 14.8. The average molecular weight is 332 g/mol. The Labute approximate surface area is 144 Å². The van der Waals surface area contributed by atoms with Gasteiger partial charge in [0.25, 0.3) is 5.91 Å². The summed E-state index contributed by atoms with van der Waals surface area (Å²) in [7, 11) is 0. The van der Waals surface area contributed by atoms with Crippen molar-refractivity contribution < 1.29 is 14.7 Å². The third kappa shape index (κ3) is 4.57. The highest BCUT2D eigenvalue weighted by Gasteiger charge is 2.31. The largest absolute Gasteiger partial charge is 0.396 e. The number of carbonyl (C=O) groups excluding carboxylic acids is 2. The molecule has 1 saturated heterocycles. The van der Waals surface area contributed by atoms with E-state index < -0.39 is 6.04 Å². The van der Waals surface area contributed by atoms with Gasteiger partial charge in [-0.15, -0.1) is 0 Å². The van der Waals surface area contributed by atoms with Crippen LogP contribution in [0.25, 0.3) is 0 Å². The topological polar surface area (TPSA) is 69.6 Å². The van der Waals surface area contributed by atoms with Gasteiger partial charge >= 0.3 is 0 Å². The lowest BCUT2D eigenvalue weighted by Gasteiger charge is -2.35. The first-order valence-corrected chi connectivity index (χ1v) is 8.69. The van der Waals surface area contributed by atoms with Crippen molar-refractivity contribution in [2.45, 2.75) is 39.7 Å². The summed E-state index contributed by atoms with van der Waals surface area (Å²) in [6, 6.07) is 6.84. The predicted molar refractivity (Wildman–Crippen MR) is 93.7 cm³/mol. The molecule has 0 spiro atoms. The van der Waals surface area contributed by atoms with Crippen LogP contribution in [0.3, 0.4) is 0 Å². The average Bonchev–Trinajstić information content (AvgIpc) is 2.58. The minimum Gasteiger partial charge on any atom is -0.396 e. The SMILES string of the molecule is Cc1cccc(C(=O)NC(C(=O)N2CCC(CO)CC2)C(C)C)c1. The summed E-state index contributed by atoms with van der Waals surface area (Å²) >= 11 is 0. The Balaban J connectivity index is 2.03. The Morgan fingerprint density at radius 3 is 2.50 bits per heavy atom. The summed E-state index contributed by atoms with van der Waals surface area (Å²) in [5.41, 5.74) is 1.59. The van der Waals surface area contributed by atoms with Crippen LogP contribution < -0.4 is 5.32 Å². The first kappa shape index (κ1) is 18.5. The fourth-order valence-corrected chi connectivity index (χ4v) is 3.06. The zero-order chi connectivity index (χ0) is 17.7. The van der Waals surface area contributed by atoms with Gasteiger partial charge in [0.2, 0.25) is 5.91 Å². The second-order valence-electron chi connectivity index (χ2n) is 7.02. The number of nitrogens with zero attached hydrogens (tertiary/aromatic N) is 1. The maximum Gasteiger partial charge on any atom is 0.251 e. The first-order chi connectivity index (χ1) is 11.4. The molecule has 2 rings (SSSR count). The van der Waals surface area contributed by atoms with Crippen LogP contribution in [0.4, 0.5) is 0 Å². The second kappa shape index (κ2) is 8.29. The molecule has 0 radical (unpaired) electrons. The molecule has 5 heteroatoms. The number of rotatable bonds is 5. The number of nitrogens with one attached hydrogen (secondary N) is 1. The highest BCUT2D eigenvalue weighted by atomic mass is 16.3. The summed E-state index contributed by atoms with van der Waals surface area (Å²) in [4.78, 5) is 27.1. The van der Waals surface area contributed by atoms with Crippen LogP contribution in [0, 0.1) is 18.8 Å². The number of aliphatic hydroxyl groups is 1. The minimum absolute atomic E-state index is 0.0156. The number of piperidine rings is 1. The second-order valence-corrected chi connectivity index (χ2v) is 7.02. The highest BCUT2D eigenvalue weighted by molar-refractivity contribution is 5.97. The molecule has 0 bridgehead atoms. The van der Waals surface area contributed by atoms with Crippen molar-refractivity contribution in [2.75, 3.05) is 19.7 Å². The molecule has 2 amide bonds. The fourth-order valence-electron chi connectivity index (χ4n) is 3.06. The third-order valence-corrected chi connectivity index (χ3v) is 4.68. The molecule has 1 heterocycles. The van der Waals surface area contributed by atoms with E-state index in [0.29, 0.717) is 18.7 Å². The summed E-state index contributed by atoms with van der Waals surface area (Å²) in [5.74, 6) is 0.0636. The summed E-state index contributed by atoms with van der Waals surface area (Å²) in [5, 5.41) is 12.1. The first-order valence-electron chi connectivity index (χ1n) is 8.69. The normalized spacial score (nSPS) is 17.0. The number of carbonyl (C=O) groups is 2. The van der Waals surface area contributed by atoms with Crippen molar-refractivity contribution in [3.63, 3.8) is 0 Å². The predicted octanol–water partition coefficient (Wildman–Crippen LogP) is 1.98. The van der Waals surface area contributed by atoms with Crippen molar-refractivity contribution in [1.29, 1.82) is 0 Å². The van der Waals surface area contributed by atoms with E-state index in [1.54, 1.807) is 6.07 Å². The van der Waals surface area contributed by atoms with Crippen LogP contribution in [-0.4, -0.2) is 47.6 Å². The molecule has 1 atom stereocenters. The van der Waals surface area contributed by atoms with Crippen molar-refractivity contribution in [2.24, 2.45) is 11.8 Å². The van der Waals surface area contributed by atoms with Gasteiger partial charge in [0.1, 0.15) is 6.04 Å². The molecule has 1 fully saturated rings. The van der Waals surface area contributed by atoms with Crippen LogP contribution in [0.5, 0.6) is 0 Å². The van der Waals surface area contributed by atoms with E-state index >= 15 is 0 Å². The Kier molecular flexibility index (Phi) is 6.37. The Morgan fingerprint density at radius 2 is 1.96 bits per heavy atom. The van der Waals surface area contributed by atoms with E-state index in [-0.39, 0.29) is 30.3 Å². The van der Waals surface area contributed by atoms with E-state index in [1.807, 2.05) is 43.9 Å². The van der Waals surface area contributed by atoms with Gasteiger partial charge in [-0.25, -0.2) is 0 Å². The molecule has 132 valence electrons. The van der Waals surface area contributed by atoms with Gasteiger partial charge in [0, 0.05) is 25.3 Å². The van der Waals surface area contributed by atoms with Crippen molar-refractivity contribution in [3.05, 3.63) is 35.4 Å². The molecule has 0 saturated carbocycles. The summed E-state index contributed by atoms with van der Waals surface area (Å²) in [6.07, 6.45) is 1.64. The van der Waals surface area contributed by atoms with E-state index in [2.05, 4.69) is 5.32 Å². The van der Waals surface area contributed by atoms with Crippen LogP contribution in [0.15, 0.2) is 24.3 Å². The van der Waals surface area contributed by atoms with Crippen LogP contribution in [0.1, 0.15) is 42.6 Å². The van der Waals surface area contributed by atoms with E-state index in [4.69, 9.17) is 0 Å². The number of hydrogen-bond acceptors (Lipinski definition) is 3. The smallest absolute Gasteiger partial charge is 0.251 e. The number of hydrogen-bond donors (Lipinski definition) is 2. The van der Waals surface area contributed by atoms with Crippen molar-refractivity contribution in [3.8, 4) is 0 Å². The van der Waals surface area contributed by atoms with E-state index in [1.165, 1.54) is 0 Å². The molecule has 1 aliphatic rings. The number of benzene rings is 1. The van der Waals surface area contributed by atoms with Crippen LogP contribution in [-0.2, 0) is 4.79 Å². The standard InChI is InChI=1S/C19H28N2O3/c1-13(2)17(19(24)21-9-7-15(12-22)8-10-21)20-18(23)16-6-4-5-14(3)11-16/h4-6,11,13,15,17,22H,7-10,12H2,1-3H3,(H,20,23). The van der Waals surface area contributed by atoms with Gasteiger partial charge < -0.3 is 15.3 Å². The maximum atomic E-state index is 12.8. The Bertz CT molecular complexity index is 578. The molecule has 5 nitrogen and oxygen atoms in total. The molecule has 1 aromatic carbocycles. The molecular formula is C19H28N2O3. The van der Waals surface area contributed by atoms with Crippen LogP contribution in [0.2, 0.25) is 0 Å². The lowest BCUT2D eigenvalue weighted by Crippen LogP contribution is -2.53. The van der Waals surface area contributed by atoms with Crippen LogP contribution >= 0.6 is 0 Å². The molecule has 1 aromatic rings. The van der Waals surface area contributed by atoms with E-state index in [9.17, 15) is 14.7 Å². The number of likely N-dealkylation sites (tertiary alicyclic amines) is 1. The van der Waals surface area contributed by atoms with Crippen molar-refractivity contribution >= 4 is 11.8 Å².